The number of rotatable bonds is 7. The zero-order valence-electron chi connectivity index (χ0n) is 21.9. The van der Waals surface area contributed by atoms with E-state index in [0.29, 0.717) is 63.8 Å². The maximum Gasteiger partial charge on any atom is 0.139 e. The van der Waals surface area contributed by atoms with Crippen LogP contribution in [0.5, 0.6) is 0 Å². The van der Waals surface area contributed by atoms with Crippen LogP contribution in [0.15, 0.2) is 0 Å². The fourth-order valence-corrected chi connectivity index (χ4v) is 9.82. The van der Waals surface area contributed by atoms with E-state index in [2.05, 4.69) is 41.5 Å². The van der Waals surface area contributed by atoms with Crippen molar-refractivity contribution in [3.8, 4) is 0 Å². The molecular weight excluding hydrogens is 392 g/mol. The number of carbonyl (C=O) groups is 2. The second-order valence-corrected chi connectivity index (χ2v) is 13.2. The minimum absolute atomic E-state index is 0.299. The molecule has 0 aromatic heterocycles. The van der Waals surface area contributed by atoms with Gasteiger partial charge in [0, 0.05) is 24.7 Å². The van der Waals surface area contributed by atoms with Crippen LogP contribution in [0.2, 0.25) is 0 Å². The van der Waals surface area contributed by atoms with Crippen LogP contribution in [0.4, 0.5) is 0 Å². The fourth-order valence-electron chi connectivity index (χ4n) is 9.82. The predicted molar refractivity (Wildman–Crippen MR) is 132 cm³/mol. The van der Waals surface area contributed by atoms with Crippen molar-refractivity contribution in [3.05, 3.63) is 0 Å². The van der Waals surface area contributed by atoms with E-state index < -0.39 is 0 Å². The van der Waals surface area contributed by atoms with Gasteiger partial charge in [0.1, 0.15) is 11.6 Å². The molecule has 4 fully saturated rings. The van der Waals surface area contributed by atoms with Crippen molar-refractivity contribution in [1.29, 1.82) is 0 Å². The molecule has 2 heteroatoms. The average Bonchev–Trinajstić information content (AvgIpc) is 3.11. The molecule has 4 saturated carbocycles. The van der Waals surface area contributed by atoms with Gasteiger partial charge in [-0.1, -0.05) is 48.0 Å². The van der Waals surface area contributed by atoms with Gasteiger partial charge in [-0.05, 0) is 104 Å². The third-order valence-electron chi connectivity index (χ3n) is 11.6. The topological polar surface area (TPSA) is 34.1 Å². The number of fused-ring (bicyclic) bond motifs is 5. The molecule has 2 nitrogen and oxygen atoms in total. The average molecular weight is 443 g/mol. The Labute approximate surface area is 198 Å². The normalized spacial score (nSPS) is 46.8. The molecule has 0 saturated heterocycles. The maximum absolute atomic E-state index is 14.1. The molecule has 0 aromatic carbocycles. The van der Waals surface area contributed by atoms with E-state index in [4.69, 9.17) is 0 Å². The zero-order chi connectivity index (χ0) is 23.3. The highest BCUT2D eigenvalue weighted by Crippen LogP contribution is 2.69. The van der Waals surface area contributed by atoms with Crippen LogP contribution in [0, 0.1) is 58.2 Å². The molecule has 10 atom stereocenters. The SMILES string of the molecule is CCCC(=O)CC[C@@H](C)C1CCC2C3C(=O)[C@H](CC)C4C[C@H](C)CCC4(C)C3CCC21C. The standard InChI is InChI=1S/C30H50O2/c1-7-9-21(31)11-10-20(4)23-12-13-24-27-25(15-17-29(23,24)5)30(6)16-14-19(3)18-26(30)22(8-2)28(27)32/h19-20,22-27H,7-18H2,1-6H3/t19-,20-,22-,23?,24?,25?,26?,27?,29?,30?/m1/s1. The molecule has 182 valence electrons. The summed E-state index contributed by atoms with van der Waals surface area (Å²) >= 11 is 0. The third-order valence-corrected chi connectivity index (χ3v) is 11.6. The molecule has 0 aromatic rings. The maximum atomic E-state index is 14.1. The van der Waals surface area contributed by atoms with E-state index in [0.717, 1.165) is 38.0 Å². The first-order valence-corrected chi connectivity index (χ1v) is 14.2. The van der Waals surface area contributed by atoms with Crippen molar-refractivity contribution in [1.82, 2.24) is 0 Å². The monoisotopic (exact) mass is 442 g/mol. The quantitative estimate of drug-likeness (QED) is 0.402. The summed E-state index contributed by atoms with van der Waals surface area (Å²) in [6, 6.07) is 0. The Kier molecular flexibility index (Phi) is 7.02. The van der Waals surface area contributed by atoms with E-state index >= 15 is 0 Å². The van der Waals surface area contributed by atoms with Crippen LogP contribution in [-0.4, -0.2) is 11.6 Å². The van der Waals surface area contributed by atoms with Crippen LogP contribution >= 0.6 is 0 Å². The summed E-state index contributed by atoms with van der Waals surface area (Å²) in [5, 5.41) is 0. The van der Waals surface area contributed by atoms with Gasteiger partial charge < -0.3 is 0 Å². The highest BCUT2D eigenvalue weighted by atomic mass is 16.1. The Bertz CT molecular complexity index is 712. The lowest BCUT2D eigenvalue weighted by molar-refractivity contribution is -0.170. The largest absolute Gasteiger partial charge is 0.300 e. The molecule has 4 aliphatic rings. The number of Topliss-reactive ketones (excluding diaryl/α,β-unsaturated/α-hetero) is 2. The molecule has 0 radical (unpaired) electrons. The zero-order valence-corrected chi connectivity index (χ0v) is 21.9. The van der Waals surface area contributed by atoms with E-state index in [1.807, 2.05) is 0 Å². The number of ketones is 2. The van der Waals surface area contributed by atoms with E-state index in [1.165, 1.54) is 44.9 Å². The Morgan fingerprint density at radius 1 is 0.969 bits per heavy atom. The molecule has 0 aliphatic heterocycles. The first-order chi connectivity index (χ1) is 15.2. The molecule has 0 N–H and O–H groups in total. The molecular formula is C30H50O2. The second kappa shape index (κ2) is 9.18. The summed E-state index contributed by atoms with van der Waals surface area (Å²) in [4.78, 5) is 26.3. The van der Waals surface area contributed by atoms with Gasteiger partial charge in [-0.15, -0.1) is 0 Å². The summed E-state index contributed by atoms with van der Waals surface area (Å²) < 4.78 is 0. The molecule has 7 unspecified atom stereocenters. The number of carbonyl (C=O) groups excluding carboxylic acids is 2. The van der Waals surface area contributed by atoms with Crippen molar-refractivity contribution in [2.45, 2.75) is 119 Å². The fraction of sp³-hybridized carbons (Fsp3) is 0.933. The first kappa shape index (κ1) is 24.5. The van der Waals surface area contributed by atoms with Crippen molar-refractivity contribution in [2.24, 2.45) is 58.2 Å². The van der Waals surface area contributed by atoms with Crippen LogP contribution in [0.3, 0.4) is 0 Å². The molecule has 4 rings (SSSR count). The van der Waals surface area contributed by atoms with E-state index in [9.17, 15) is 9.59 Å². The van der Waals surface area contributed by atoms with E-state index in [-0.39, 0.29) is 0 Å². The van der Waals surface area contributed by atoms with Crippen molar-refractivity contribution in [3.63, 3.8) is 0 Å². The Balaban J connectivity index is 1.56. The molecule has 32 heavy (non-hydrogen) atoms. The van der Waals surface area contributed by atoms with Crippen molar-refractivity contribution < 1.29 is 9.59 Å². The van der Waals surface area contributed by atoms with Gasteiger partial charge in [-0.2, -0.15) is 0 Å². The second-order valence-electron chi connectivity index (χ2n) is 13.2. The lowest BCUT2D eigenvalue weighted by Gasteiger charge is -2.62. The summed E-state index contributed by atoms with van der Waals surface area (Å²) in [5.74, 6) is 5.61. The smallest absolute Gasteiger partial charge is 0.139 e. The number of hydrogen-bond acceptors (Lipinski definition) is 2. The molecule has 0 heterocycles. The summed E-state index contributed by atoms with van der Waals surface area (Å²) in [6.45, 7) is 14.3. The molecule has 0 bridgehead atoms. The highest BCUT2D eigenvalue weighted by molar-refractivity contribution is 5.86. The summed E-state index contributed by atoms with van der Waals surface area (Å²) in [7, 11) is 0. The van der Waals surface area contributed by atoms with Gasteiger partial charge in [0.05, 0.1) is 0 Å². The van der Waals surface area contributed by atoms with Crippen LogP contribution < -0.4 is 0 Å². The molecule has 0 spiro atoms. The van der Waals surface area contributed by atoms with Crippen molar-refractivity contribution in [2.75, 3.05) is 0 Å². The van der Waals surface area contributed by atoms with Gasteiger partial charge in [0.15, 0.2) is 0 Å². The number of hydrogen-bond donors (Lipinski definition) is 0. The Morgan fingerprint density at radius 3 is 2.34 bits per heavy atom. The first-order valence-electron chi connectivity index (χ1n) is 14.2. The minimum atomic E-state index is 0.299. The molecule has 4 aliphatic carbocycles. The lowest BCUT2D eigenvalue weighted by atomic mass is 9.41. The van der Waals surface area contributed by atoms with Crippen LogP contribution in [0.1, 0.15) is 119 Å². The summed E-state index contributed by atoms with van der Waals surface area (Å²) in [5.41, 5.74) is 0.677. The van der Waals surface area contributed by atoms with Gasteiger partial charge in [-0.25, -0.2) is 0 Å². The molecule has 0 amide bonds. The van der Waals surface area contributed by atoms with Gasteiger partial charge in [-0.3, -0.25) is 9.59 Å². The predicted octanol–water partition coefficient (Wildman–Crippen LogP) is 7.88. The van der Waals surface area contributed by atoms with Crippen molar-refractivity contribution >= 4 is 11.6 Å². The summed E-state index contributed by atoms with van der Waals surface area (Å²) in [6.07, 6.45) is 13.6. The van der Waals surface area contributed by atoms with E-state index in [1.54, 1.807) is 0 Å². The highest BCUT2D eigenvalue weighted by Gasteiger charge is 2.64. The van der Waals surface area contributed by atoms with Gasteiger partial charge in [0.25, 0.3) is 0 Å². The minimum Gasteiger partial charge on any atom is -0.300 e. The van der Waals surface area contributed by atoms with Crippen LogP contribution in [-0.2, 0) is 9.59 Å². The van der Waals surface area contributed by atoms with Crippen LogP contribution in [0.25, 0.3) is 0 Å². The Hall–Kier alpha value is -0.660. The van der Waals surface area contributed by atoms with Gasteiger partial charge in [0.2, 0.25) is 0 Å². The third kappa shape index (κ3) is 3.84. The lowest BCUT2D eigenvalue weighted by Crippen LogP contribution is -2.60. The van der Waals surface area contributed by atoms with Gasteiger partial charge >= 0.3 is 0 Å². The Morgan fingerprint density at radius 2 is 1.66 bits per heavy atom.